The van der Waals surface area contributed by atoms with E-state index in [1.54, 1.807) is 0 Å². The Morgan fingerprint density at radius 2 is 1.59 bits per heavy atom. The van der Waals surface area contributed by atoms with Crippen molar-refractivity contribution in [1.82, 2.24) is 10.2 Å². The summed E-state index contributed by atoms with van der Waals surface area (Å²) in [5, 5.41) is 11.0. The molecule has 2 aromatic rings. The van der Waals surface area contributed by atoms with Crippen molar-refractivity contribution in [3.8, 4) is 11.1 Å². The molecule has 0 bridgehead atoms. The number of hydrogen-bond donors (Lipinski definition) is 2. The number of alkyl carbamates (subject to hydrolysis) is 1. The third-order valence-corrected chi connectivity index (χ3v) is 5.06. The Bertz CT molecular complexity index is 979. The topological polar surface area (TPSA) is 95.9 Å². The number of fused-ring (bicyclic) bond motifs is 3. The summed E-state index contributed by atoms with van der Waals surface area (Å²) >= 11 is 0. The molecule has 2 N–H and O–H groups in total. The van der Waals surface area contributed by atoms with Gasteiger partial charge in [-0.15, -0.1) is 0 Å². The fourth-order valence-electron chi connectivity index (χ4n) is 3.74. The van der Waals surface area contributed by atoms with Crippen LogP contribution in [0, 0.1) is 0 Å². The van der Waals surface area contributed by atoms with Gasteiger partial charge in [-0.25, -0.2) is 4.79 Å². The summed E-state index contributed by atoms with van der Waals surface area (Å²) in [6, 6.07) is 13.9. The van der Waals surface area contributed by atoms with E-state index in [2.05, 4.69) is 5.32 Å². The fourth-order valence-corrected chi connectivity index (χ4v) is 3.74. The Kier molecular flexibility index (Phi) is 6.71. The third-order valence-electron chi connectivity index (χ3n) is 5.06. The lowest BCUT2D eigenvalue weighted by molar-refractivity contribution is -0.166. The second kappa shape index (κ2) is 9.29. The van der Waals surface area contributed by atoms with Crippen LogP contribution in [-0.2, 0) is 14.3 Å². The van der Waals surface area contributed by atoms with Gasteiger partial charge >= 0.3 is 18.2 Å². The molecule has 1 atom stereocenters. The summed E-state index contributed by atoms with van der Waals surface area (Å²) in [5.74, 6) is -3.01. The summed E-state index contributed by atoms with van der Waals surface area (Å²) in [6.07, 6.45) is -5.77. The molecule has 0 heterocycles. The second-order valence-corrected chi connectivity index (χ2v) is 7.39. The van der Waals surface area contributed by atoms with E-state index >= 15 is 0 Å². The highest BCUT2D eigenvalue weighted by molar-refractivity contribution is 5.88. The number of alkyl halides is 3. The zero-order valence-corrected chi connectivity index (χ0v) is 17.1. The summed E-state index contributed by atoms with van der Waals surface area (Å²) in [4.78, 5) is 35.4. The first-order valence-corrected chi connectivity index (χ1v) is 9.75. The Morgan fingerprint density at radius 1 is 1.06 bits per heavy atom. The number of rotatable bonds is 7. The standard InChI is InChI=1S/C22H21F3N2O5/c1-13(20(30)27(10-19(28)29)12-22(23,24)25)26-21(31)32-11-18-16-8-4-2-6-14(16)15-7-3-5-9-17(15)18/h2-9,13,18H,10-12H2,1H3,(H,26,31)(H,28,29)/t13-/m0/s1. The zero-order chi connectivity index (χ0) is 23.5. The van der Waals surface area contributed by atoms with Crippen molar-refractivity contribution in [2.24, 2.45) is 0 Å². The van der Waals surface area contributed by atoms with Crippen molar-refractivity contribution < 1.29 is 37.4 Å². The van der Waals surface area contributed by atoms with Crippen LogP contribution in [0.2, 0.25) is 0 Å². The molecule has 2 aromatic carbocycles. The van der Waals surface area contributed by atoms with Crippen molar-refractivity contribution in [2.45, 2.75) is 25.1 Å². The van der Waals surface area contributed by atoms with Gasteiger partial charge in [-0.1, -0.05) is 48.5 Å². The molecule has 32 heavy (non-hydrogen) atoms. The summed E-state index contributed by atoms with van der Waals surface area (Å²) < 4.78 is 43.3. The number of aliphatic carboxylic acids is 1. The minimum absolute atomic E-state index is 0.0395. The van der Waals surface area contributed by atoms with Gasteiger partial charge in [0.1, 0.15) is 25.7 Å². The number of hydrogen-bond acceptors (Lipinski definition) is 4. The first-order chi connectivity index (χ1) is 15.1. The Balaban J connectivity index is 1.63. The minimum atomic E-state index is -4.78. The first kappa shape index (κ1) is 23.1. The molecule has 0 radical (unpaired) electrons. The molecule has 1 aliphatic carbocycles. The number of carbonyl (C=O) groups is 3. The molecule has 0 saturated heterocycles. The average Bonchev–Trinajstić information content (AvgIpc) is 3.03. The summed E-state index contributed by atoms with van der Waals surface area (Å²) in [5.41, 5.74) is 4.00. The molecule has 0 unspecified atom stereocenters. The quantitative estimate of drug-likeness (QED) is 0.674. The lowest BCUT2D eigenvalue weighted by Gasteiger charge is -2.25. The number of carboxylic acid groups (broad SMARTS) is 1. The second-order valence-electron chi connectivity index (χ2n) is 7.39. The van der Waals surface area contributed by atoms with Crippen molar-refractivity contribution >= 4 is 18.0 Å². The van der Waals surface area contributed by atoms with Gasteiger partial charge in [0.25, 0.3) is 0 Å². The molecular weight excluding hydrogens is 429 g/mol. The van der Waals surface area contributed by atoms with Crippen LogP contribution >= 0.6 is 0 Å². The number of carboxylic acids is 1. The maximum Gasteiger partial charge on any atom is 0.407 e. The largest absolute Gasteiger partial charge is 0.480 e. The highest BCUT2D eigenvalue weighted by atomic mass is 19.4. The number of amides is 2. The fraction of sp³-hybridized carbons (Fsp3) is 0.318. The smallest absolute Gasteiger partial charge is 0.407 e. The van der Waals surface area contributed by atoms with Crippen molar-refractivity contribution in [1.29, 1.82) is 0 Å². The SMILES string of the molecule is C[C@H](NC(=O)OCC1c2ccccc2-c2ccccc21)C(=O)N(CC(=O)O)CC(F)(F)F. The molecular formula is C22H21F3N2O5. The van der Waals surface area contributed by atoms with Crippen LogP contribution in [-0.4, -0.2) is 59.9 Å². The maximum absolute atomic E-state index is 12.7. The van der Waals surface area contributed by atoms with Gasteiger partial charge in [0.15, 0.2) is 0 Å². The van der Waals surface area contributed by atoms with Gasteiger partial charge < -0.3 is 20.1 Å². The highest BCUT2D eigenvalue weighted by Gasteiger charge is 2.36. The van der Waals surface area contributed by atoms with Crippen LogP contribution in [0.3, 0.4) is 0 Å². The van der Waals surface area contributed by atoms with Gasteiger partial charge in [0, 0.05) is 5.92 Å². The van der Waals surface area contributed by atoms with Crippen LogP contribution < -0.4 is 5.32 Å². The van der Waals surface area contributed by atoms with E-state index in [-0.39, 0.29) is 17.4 Å². The molecule has 7 nitrogen and oxygen atoms in total. The van der Waals surface area contributed by atoms with E-state index < -0.39 is 43.3 Å². The van der Waals surface area contributed by atoms with Crippen LogP contribution in [0.4, 0.5) is 18.0 Å². The number of benzene rings is 2. The van der Waals surface area contributed by atoms with Gasteiger partial charge in [-0.05, 0) is 29.2 Å². The van der Waals surface area contributed by atoms with Crippen LogP contribution in [0.5, 0.6) is 0 Å². The zero-order valence-electron chi connectivity index (χ0n) is 17.1. The minimum Gasteiger partial charge on any atom is -0.480 e. The Labute approximate surface area is 181 Å². The number of carbonyl (C=O) groups excluding carboxylic acids is 2. The lowest BCUT2D eigenvalue weighted by atomic mass is 9.98. The van der Waals surface area contributed by atoms with Crippen molar-refractivity contribution in [2.75, 3.05) is 19.7 Å². The molecule has 0 spiro atoms. The van der Waals surface area contributed by atoms with Gasteiger partial charge in [0.2, 0.25) is 5.91 Å². The normalized spacial score (nSPS) is 13.6. The Hall–Kier alpha value is -3.56. The predicted molar refractivity (Wildman–Crippen MR) is 108 cm³/mol. The van der Waals surface area contributed by atoms with Crippen molar-refractivity contribution in [3.05, 3.63) is 59.7 Å². The maximum atomic E-state index is 12.7. The van der Waals surface area contributed by atoms with E-state index in [0.29, 0.717) is 0 Å². The molecule has 0 fully saturated rings. The lowest BCUT2D eigenvalue weighted by Crippen LogP contribution is -2.51. The summed E-state index contributed by atoms with van der Waals surface area (Å²) in [7, 11) is 0. The van der Waals surface area contributed by atoms with Crippen molar-refractivity contribution in [3.63, 3.8) is 0 Å². The van der Waals surface area contributed by atoms with E-state index in [4.69, 9.17) is 9.84 Å². The van der Waals surface area contributed by atoms with E-state index in [1.807, 2.05) is 48.5 Å². The van der Waals surface area contributed by atoms with E-state index in [1.165, 1.54) is 0 Å². The molecule has 2 amide bonds. The van der Waals surface area contributed by atoms with Crippen LogP contribution in [0.1, 0.15) is 24.0 Å². The third kappa shape index (κ3) is 5.37. The number of ether oxygens (including phenoxy) is 1. The molecule has 170 valence electrons. The number of halogens is 3. The summed E-state index contributed by atoms with van der Waals surface area (Å²) in [6.45, 7) is -1.76. The van der Waals surface area contributed by atoms with E-state index in [0.717, 1.165) is 29.2 Å². The predicted octanol–water partition coefficient (Wildman–Crippen LogP) is 3.39. The van der Waals surface area contributed by atoms with Gasteiger partial charge in [-0.2, -0.15) is 13.2 Å². The number of nitrogens with one attached hydrogen (secondary N) is 1. The van der Waals surface area contributed by atoms with E-state index in [9.17, 15) is 27.6 Å². The monoisotopic (exact) mass is 450 g/mol. The average molecular weight is 450 g/mol. The molecule has 10 heteroatoms. The van der Waals surface area contributed by atoms with Crippen LogP contribution in [0.15, 0.2) is 48.5 Å². The first-order valence-electron chi connectivity index (χ1n) is 9.75. The van der Waals surface area contributed by atoms with Crippen LogP contribution in [0.25, 0.3) is 11.1 Å². The Morgan fingerprint density at radius 3 is 2.09 bits per heavy atom. The highest BCUT2D eigenvalue weighted by Crippen LogP contribution is 2.44. The van der Waals surface area contributed by atoms with Gasteiger partial charge in [0.05, 0.1) is 0 Å². The van der Waals surface area contributed by atoms with Gasteiger partial charge in [-0.3, -0.25) is 9.59 Å². The molecule has 0 aromatic heterocycles. The molecule has 1 aliphatic rings. The molecule has 0 aliphatic heterocycles. The molecule has 3 rings (SSSR count). The molecule has 0 saturated carbocycles. The number of nitrogens with zero attached hydrogens (tertiary/aromatic N) is 1.